The molecule has 1 atom stereocenters. The molecule has 0 bridgehead atoms. The smallest absolute Gasteiger partial charge is 0.254 e. The van der Waals surface area contributed by atoms with Crippen molar-refractivity contribution >= 4 is 5.91 Å². The van der Waals surface area contributed by atoms with Gasteiger partial charge in [0.25, 0.3) is 5.91 Å². The van der Waals surface area contributed by atoms with E-state index in [0.717, 1.165) is 0 Å². The molecule has 1 amide bonds. The summed E-state index contributed by atoms with van der Waals surface area (Å²) in [6.07, 6.45) is 1.12. The number of hydrogen-bond donors (Lipinski definition) is 1. The number of nitrogens with zero attached hydrogens (tertiary/aromatic N) is 1. The summed E-state index contributed by atoms with van der Waals surface area (Å²) in [6.45, 7) is 9.89. The molecule has 0 heterocycles. The van der Waals surface area contributed by atoms with Gasteiger partial charge in [-0.1, -0.05) is 12.7 Å². The van der Waals surface area contributed by atoms with Crippen molar-refractivity contribution in [1.82, 2.24) is 4.90 Å². The number of aliphatic hydroxyl groups excluding tert-OH is 1. The minimum Gasteiger partial charge on any atom is -0.490 e. The van der Waals surface area contributed by atoms with Crippen LogP contribution in [0.5, 0.6) is 5.75 Å². The van der Waals surface area contributed by atoms with Crippen molar-refractivity contribution in [3.8, 4) is 5.75 Å². The van der Waals surface area contributed by atoms with Gasteiger partial charge in [-0.05, 0) is 45.0 Å². The van der Waals surface area contributed by atoms with Crippen molar-refractivity contribution in [2.24, 2.45) is 0 Å². The van der Waals surface area contributed by atoms with Crippen molar-refractivity contribution in [2.75, 3.05) is 13.2 Å². The normalized spacial score (nSPS) is 12.1. The SMILES string of the molecule is C=CCOc1ccc(C(=O)N(CC(C)O)C(C)C)cc1. The second kappa shape index (κ2) is 7.70. The Morgan fingerprint density at radius 2 is 1.95 bits per heavy atom. The summed E-state index contributed by atoms with van der Waals surface area (Å²) in [5.41, 5.74) is 0.588. The number of carbonyl (C=O) groups excluding carboxylic acids is 1. The Labute approximate surface area is 120 Å². The third-order valence-electron chi connectivity index (χ3n) is 2.81. The minimum atomic E-state index is -0.545. The van der Waals surface area contributed by atoms with Crippen LogP contribution in [-0.2, 0) is 0 Å². The van der Waals surface area contributed by atoms with Crippen LogP contribution < -0.4 is 4.74 Å². The maximum Gasteiger partial charge on any atom is 0.254 e. The molecule has 0 aliphatic heterocycles. The molecule has 110 valence electrons. The number of benzene rings is 1. The fourth-order valence-electron chi connectivity index (χ4n) is 1.83. The highest BCUT2D eigenvalue weighted by atomic mass is 16.5. The van der Waals surface area contributed by atoms with Crippen LogP contribution in [0.15, 0.2) is 36.9 Å². The van der Waals surface area contributed by atoms with Crippen molar-refractivity contribution < 1.29 is 14.6 Å². The number of carbonyl (C=O) groups is 1. The molecule has 0 aromatic heterocycles. The number of rotatable bonds is 7. The summed E-state index contributed by atoms with van der Waals surface area (Å²) >= 11 is 0. The highest BCUT2D eigenvalue weighted by Crippen LogP contribution is 2.15. The second-order valence-corrected chi connectivity index (χ2v) is 5.02. The first kappa shape index (κ1) is 16.2. The Hall–Kier alpha value is -1.81. The number of aliphatic hydroxyl groups is 1. The molecule has 0 saturated carbocycles. The molecule has 0 radical (unpaired) electrons. The molecule has 4 nitrogen and oxygen atoms in total. The zero-order valence-electron chi connectivity index (χ0n) is 12.4. The quantitative estimate of drug-likeness (QED) is 0.779. The Morgan fingerprint density at radius 3 is 2.40 bits per heavy atom. The highest BCUT2D eigenvalue weighted by Gasteiger charge is 2.20. The first-order valence-electron chi connectivity index (χ1n) is 6.78. The lowest BCUT2D eigenvalue weighted by Crippen LogP contribution is -2.41. The molecule has 1 N–H and O–H groups in total. The molecule has 1 aromatic carbocycles. The van der Waals surface area contributed by atoms with E-state index in [0.29, 0.717) is 24.5 Å². The summed E-state index contributed by atoms with van der Waals surface area (Å²) in [5, 5.41) is 9.49. The van der Waals surface area contributed by atoms with E-state index in [2.05, 4.69) is 6.58 Å². The molecule has 1 aromatic rings. The molecule has 0 aliphatic carbocycles. The van der Waals surface area contributed by atoms with Crippen LogP contribution in [0.3, 0.4) is 0 Å². The fraction of sp³-hybridized carbons (Fsp3) is 0.438. The van der Waals surface area contributed by atoms with Crippen LogP contribution in [-0.4, -0.2) is 41.2 Å². The molecule has 0 fully saturated rings. The average Bonchev–Trinajstić information content (AvgIpc) is 2.42. The van der Waals surface area contributed by atoms with Gasteiger partial charge in [0.1, 0.15) is 12.4 Å². The van der Waals surface area contributed by atoms with E-state index >= 15 is 0 Å². The molecular weight excluding hydrogens is 254 g/mol. The molecule has 1 rings (SSSR count). The van der Waals surface area contributed by atoms with Crippen molar-refractivity contribution in [1.29, 1.82) is 0 Å². The van der Waals surface area contributed by atoms with E-state index in [1.54, 1.807) is 42.2 Å². The third kappa shape index (κ3) is 4.70. The largest absolute Gasteiger partial charge is 0.490 e. The zero-order chi connectivity index (χ0) is 15.1. The molecule has 0 aliphatic rings. The summed E-state index contributed by atoms with van der Waals surface area (Å²) in [6, 6.07) is 7.03. The van der Waals surface area contributed by atoms with Gasteiger partial charge < -0.3 is 14.7 Å². The van der Waals surface area contributed by atoms with Gasteiger partial charge in [-0.3, -0.25) is 4.79 Å². The van der Waals surface area contributed by atoms with Crippen molar-refractivity contribution in [3.63, 3.8) is 0 Å². The van der Waals surface area contributed by atoms with E-state index < -0.39 is 6.10 Å². The molecule has 20 heavy (non-hydrogen) atoms. The van der Waals surface area contributed by atoms with Crippen LogP contribution in [0.1, 0.15) is 31.1 Å². The second-order valence-electron chi connectivity index (χ2n) is 5.02. The maximum atomic E-state index is 12.4. The zero-order valence-corrected chi connectivity index (χ0v) is 12.4. The van der Waals surface area contributed by atoms with E-state index in [1.165, 1.54) is 0 Å². The number of amides is 1. The summed E-state index contributed by atoms with van der Waals surface area (Å²) in [7, 11) is 0. The molecule has 0 spiro atoms. The van der Waals surface area contributed by atoms with Crippen LogP contribution in [0.25, 0.3) is 0 Å². The van der Waals surface area contributed by atoms with E-state index in [-0.39, 0.29) is 11.9 Å². The predicted octanol–water partition coefficient (Wildman–Crippen LogP) is 2.48. The Morgan fingerprint density at radius 1 is 1.35 bits per heavy atom. The first-order valence-corrected chi connectivity index (χ1v) is 6.78. The van der Waals surface area contributed by atoms with Crippen LogP contribution in [0.4, 0.5) is 0 Å². The average molecular weight is 277 g/mol. The lowest BCUT2D eigenvalue weighted by Gasteiger charge is -2.28. The summed E-state index contributed by atoms with van der Waals surface area (Å²) in [5.74, 6) is 0.615. The lowest BCUT2D eigenvalue weighted by atomic mass is 10.1. The van der Waals surface area contributed by atoms with E-state index in [1.807, 2.05) is 13.8 Å². The Balaban J connectivity index is 2.81. The van der Waals surface area contributed by atoms with Gasteiger partial charge in [0.15, 0.2) is 0 Å². The van der Waals surface area contributed by atoms with Crippen LogP contribution >= 0.6 is 0 Å². The van der Waals surface area contributed by atoms with Gasteiger partial charge in [0.05, 0.1) is 6.10 Å². The highest BCUT2D eigenvalue weighted by molar-refractivity contribution is 5.94. The summed E-state index contributed by atoms with van der Waals surface area (Å²) < 4.78 is 5.38. The minimum absolute atomic E-state index is 0.0359. The van der Waals surface area contributed by atoms with E-state index in [9.17, 15) is 9.90 Å². The number of hydrogen-bond acceptors (Lipinski definition) is 3. The third-order valence-corrected chi connectivity index (χ3v) is 2.81. The van der Waals surface area contributed by atoms with Gasteiger partial charge in [-0.2, -0.15) is 0 Å². The van der Waals surface area contributed by atoms with Crippen LogP contribution in [0.2, 0.25) is 0 Å². The molecular formula is C16H23NO3. The topological polar surface area (TPSA) is 49.8 Å². The van der Waals surface area contributed by atoms with Gasteiger partial charge in [0.2, 0.25) is 0 Å². The van der Waals surface area contributed by atoms with Crippen LogP contribution in [0, 0.1) is 0 Å². The Kier molecular flexibility index (Phi) is 6.25. The van der Waals surface area contributed by atoms with Gasteiger partial charge in [0, 0.05) is 18.2 Å². The first-order chi connectivity index (χ1) is 9.45. The monoisotopic (exact) mass is 277 g/mol. The molecule has 0 saturated heterocycles. The van der Waals surface area contributed by atoms with Crippen molar-refractivity contribution in [2.45, 2.75) is 32.9 Å². The lowest BCUT2D eigenvalue weighted by molar-refractivity contribution is 0.0579. The van der Waals surface area contributed by atoms with E-state index in [4.69, 9.17) is 4.74 Å². The number of ether oxygens (including phenoxy) is 1. The standard InChI is InChI=1S/C16H23NO3/c1-5-10-20-15-8-6-14(7-9-15)16(19)17(12(2)3)11-13(4)18/h5-9,12-13,18H,1,10-11H2,2-4H3. The predicted molar refractivity (Wildman–Crippen MR) is 80.0 cm³/mol. The Bertz CT molecular complexity index is 438. The van der Waals surface area contributed by atoms with Gasteiger partial charge >= 0.3 is 0 Å². The summed E-state index contributed by atoms with van der Waals surface area (Å²) in [4.78, 5) is 14.1. The molecule has 4 heteroatoms. The van der Waals surface area contributed by atoms with Crippen molar-refractivity contribution in [3.05, 3.63) is 42.5 Å². The van der Waals surface area contributed by atoms with Gasteiger partial charge in [-0.25, -0.2) is 0 Å². The molecule has 1 unspecified atom stereocenters. The maximum absolute atomic E-state index is 12.4. The van der Waals surface area contributed by atoms with Gasteiger partial charge in [-0.15, -0.1) is 0 Å². The fourth-order valence-corrected chi connectivity index (χ4v) is 1.83.